The number of aromatic nitrogens is 2. The van der Waals surface area contributed by atoms with Crippen LogP contribution in [-0.2, 0) is 11.3 Å². The van der Waals surface area contributed by atoms with Crippen molar-refractivity contribution in [1.82, 2.24) is 9.78 Å². The van der Waals surface area contributed by atoms with Crippen molar-refractivity contribution >= 4 is 21.9 Å². The molecule has 1 aromatic rings. The van der Waals surface area contributed by atoms with Gasteiger partial charge in [-0.25, -0.2) is 0 Å². The van der Waals surface area contributed by atoms with Crippen molar-refractivity contribution in [2.75, 3.05) is 0 Å². The summed E-state index contributed by atoms with van der Waals surface area (Å²) >= 11 is 3.48. The minimum Gasteiger partial charge on any atom is -0.481 e. The number of aryl methyl sites for hydroxylation is 1. The topological polar surface area (TPSA) is 55.1 Å². The highest BCUT2D eigenvalue weighted by molar-refractivity contribution is 9.10. The summed E-state index contributed by atoms with van der Waals surface area (Å²) in [6, 6.07) is 0. The van der Waals surface area contributed by atoms with Gasteiger partial charge in [-0.05, 0) is 42.6 Å². The van der Waals surface area contributed by atoms with Gasteiger partial charge in [-0.3, -0.25) is 9.48 Å². The number of nitrogens with zero attached hydrogens (tertiary/aromatic N) is 2. The third kappa shape index (κ3) is 2.14. The molecule has 1 fully saturated rings. The van der Waals surface area contributed by atoms with Crippen LogP contribution in [0.5, 0.6) is 0 Å². The summed E-state index contributed by atoms with van der Waals surface area (Å²) in [7, 11) is 0. The number of rotatable bonds is 4. The van der Waals surface area contributed by atoms with Gasteiger partial charge in [0.25, 0.3) is 0 Å². The summed E-state index contributed by atoms with van der Waals surface area (Å²) < 4.78 is 2.95. The first kappa shape index (κ1) is 11.6. The number of hydrogen-bond donors (Lipinski definition) is 1. The molecule has 0 aliphatic heterocycles. The van der Waals surface area contributed by atoms with Crippen LogP contribution in [0, 0.1) is 19.3 Å². The van der Waals surface area contributed by atoms with Crippen LogP contribution in [0.2, 0.25) is 0 Å². The van der Waals surface area contributed by atoms with E-state index >= 15 is 0 Å². The summed E-state index contributed by atoms with van der Waals surface area (Å²) in [6.45, 7) is 4.67. The maximum Gasteiger partial charge on any atom is 0.303 e. The van der Waals surface area contributed by atoms with Gasteiger partial charge in [0.1, 0.15) is 0 Å². The van der Waals surface area contributed by atoms with Crippen molar-refractivity contribution in [3.05, 3.63) is 15.9 Å². The summed E-state index contributed by atoms with van der Waals surface area (Å²) in [5.74, 6) is -0.710. The summed E-state index contributed by atoms with van der Waals surface area (Å²) in [5, 5.41) is 13.3. The van der Waals surface area contributed by atoms with Crippen LogP contribution in [0.15, 0.2) is 4.47 Å². The van der Waals surface area contributed by atoms with Gasteiger partial charge in [-0.2, -0.15) is 5.10 Å². The van der Waals surface area contributed by atoms with E-state index in [0.717, 1.165) is 35.2 Å². The first-order chi connectivity index (χ1) is 7.43. The predicted molar refractivity (Wildman–Crippen MR) is 63.3 cm³/mol. The zero-order valence-corrected chi connectivity index (χ0v) is 11.0. The van der Waals surface area contributed by atoms with Crippen LogP contribution in [0.1, 0.15) is 30.7 Å². The van der Waals surface area contributed by atoms with E-state index in [2.05, 4.69) is 21.0 Å². The van der Waals surface area contributed by atoms with Crippen molar-refractivity contribution < 1.29 is 9.90 Å². The maximum absolute atomic E-state index is 10.8. The Balaban J connectivity index is 2.15. The highest BCUT2D eigenvalue weighted by atomic mass is 79.9. The standard InChI is InChI=1S/C11H15BrN2O2/c1-7-10(12)8(2)14(13-7)6-11(3-4-11)5-9(15)16/h3-6H2,1-2H3,(H,15,16). The van der Waals surface area contributed by atoms with Gasteiger partial charge >= 0.3 is 5.97 Å². The van der Waals surface area contributed by atoms with E-state index in [1.807, 2.05) is 18.5 Å². The number of halogens is 1. The molecule has 1 heterocycles. The summed E-state index contributed by atoms with van der Waals surface area (Å²) in [4.78, 5) is 10.8. The molecule has 1 aromatic heterocycles. The number of hydrogen-bond acceptors (Lipinski definition) is 2. The van der Waals surface area contributed by atoms with Crippen molar-refractivity contribution in [2.45, 2.75) is 39.7 Å². The molecule has 5 heteroatoms. The molecule has 1 aliphatic carbocycles. The van der Waals surface area contributed by atoms with E-state index in [1.165, 1.54) is 0 Å². The van der Waals surface area contributed by atoms with Gasteiger partial charge in [0.2, 0.25) is 0 Å². The molecule has 0 bridgehead atoms. The van der Waals surface area contributed by atoms with Crippen LogP contribution < -0.4 is 0 Å². The summed E-state index contributed by atoms with van der Waals surface area (Å²) in [5.41, 5.74) is 1.99. The number of carbonyl (C=O) groups is 1. The molecule has 1 N–H and O–H groups in total. The predicted octanol–water partition coefficient (Wildman–Crippen LogP) is 2.52. The zero-order valence-electron chi connectivity index (χ0n) is 9.46. The Kier molecular flexibility index (Phi) is 2.82. The molecule has 0 spiro atoms. The van der Waals surface area contributed by atoms with Gasteiger partial charge in [-0.15, -0.1) is 0 Å². The Morgan fingerprint density at radius 2 is 2.19 bits per heavy atom. The van der Waals surface area contributed by atoms with E-state index in [0.29, 0.717) is 0 Å². The number of aliphatic carboxylic acids is 1. The molecule has 16 heavy (non-hydrogen) atoms. The molecule has 1 aliphatic rings. The first-order valence-corrected chi connectivity index (χ1v) is 6.14. The quantitative estimate of drug-likeness (QED) is 0.925. The number of carboxylic acids is 1. The Labute approximate surface area is 103 Å². The van der Waals surface area contributed by atoms with Gasteiger partial charge in [-0.1, -0.05) is 0 Å². The Morgan fingerprint density at radius 3 is 2.56 bits per heavy atom. The van der Waals surface area contributed by atoms with E-state index in [4.69, 9.17) is 5.11 Å². The van der Waals surface area contributed by atoms with Crippen molar-refractivity contribution in [2.24, 2.45) is 5.41 Å². The highest BCUT2D eigenvalue weighted by Crippen LogP contribution is 2.50. The third-order valence-corrected chi connectivity index (χ3v) is 4.41. The van der Waals surface area contributed by atoms with E-state index in [9.17, 15) is 4.79 Å². The fourth-order valence-corrected chi connectivity index (χ4v) is 2.32. The molecule has 0 aromatic carbocycles. The lowest BCUT2D eigenvalue weighted by Crippen LogP contribution is -2.17. The van der Waals surface area contributed by atoms with Gasteiger partial charge < -0.3 is 5.11 Å². The smallest absolute Gasteiger partial charge is 0.303 e. The van der Waals surface area contributed by atoms with E-state index in [-0.39, 0.29) is 11.8 Å². The van der Waals surface area contributed by atoms with Gasteiger partial charge in [0.05, 0.1) is 16.6 Å². The lowest BCUT2D eigenvalue weighted by Gasteiger charge is -2.13. The van der Waals surface area contributed by atoms with Gasteiger partial charge in [0.15, 0.2) is 0 Å². The second kappa shape index (κ2) is 3.87. The van der Waals surface area contributed by atoms with Crippen molar-refractivity contribution in [3.8, 4) is 0 Å². The second-order valence-corrected chi connectivity index (χ2v) is 5.51. The fourth-order valence-electron chi connectivity index (χ4n) is 2.04. The zero-order chi connectivity index (χ0) is 11.9. The minimum absolute atomic E-state index is 0.0471. The van der Waals surface area contributed by atoms with Gasteiger partial charge in [0, 0.05) is 17.7 Å². The second-order valence-electron chi connectivity index (χ2n) is 4.71. The lowest BCUT2D eigenvalue weighted by atomic mass is 10.0. The van der Waals surface area contributed by atoms with E-state index in [1.54, 1.807) is 0 Å². The molecule has 0 atom stereocenters. The highest BCUT2D eigenvalue weighted by Gasteiger charge is 2.45. The molecule has 0 radical (unpaired) electrons. The van der Waals surface area contributed by atoms with Crippen molar-refractivity contribution in [3.63, 3.8) is 0 Å². The largest absolute Gasteiger partial charge is 0.481 e. The van der Waals surface area contributed by atoms with Crippen LogP contribution in [0.25, 0.3) is 0 Å². The molecule has 4 nitrogen and oxygen atoms in total. The summed E-state index contributed by atoms with van der Waals surface area (Å²) in [6.07, 6.45) is 2.24. The molecule has 0 unspecified atom stereocenters. The Morgan fingerprint density at radius 1 is 1.56 bits per heavy atom. The van der Waals surface area contributed by atoms with Crippen LogP contribution in [0.4, 0.5) is 0 Å². The molecule has 0 amide bonds. The molecule has 2 rings (SSSR count). The molecule has 1 saturated carbocycles. The SMILES string of the molecule is Cc1nn(CC2(CC(=O)O)CC2)c(C)c1Br. The number of carboxylic acid groups (broad SMARTS) is 1. The maximum atomic E-state index is 10.8. The third-order valence-electron chi connectivity index (χ3n) is 3.26. The van der Waals surface area contributed by atoms with Crippen LogP contribution in [-0.4, -0.2) is 20.9 Å². The molecular weight excluding hydrogens is 272 g/mol. The first-order valence-electron chi connectivity index (χ1n) is 5.35. The van der Waals surface area contributed by atoms with Crippen LogP contribution in [0.3, 0.4) is 0 Å². The average Bonchev–Trinajstić information content (AvgIpc) is 2.88. The minimum atomic E-state index is -0.710. The Bertz CT molecular complexity index is 435. The van der Waals surface area contributed by atoms with Crippen LogP contribution >= 0.6 is 15.9 Å². The molecular formula is C11H15BrN2O2. The normalized spacial score (nSPS) is 17.4. The lowest BCUT2D eigenvalue weighted by molar-refractivity contribution is -0.138. The van der Waals surface area contributed by atoms with E-state index < -0.39 is 5.97 Å². The Hall–Kier alpha value is -0.840. The fraction of sp³-hybridized carbons (Fsp3) is 0.636. The molecule has 88 valence electrons. The average molecular weight is 287 g/mol. The molecule has 0 saturated heterocycles. The monoisotopic (exact) mass is 286 g/mol. The van der Waals surface area contributed by atoms with Crippen molar-refractivity contribution in [1.29, 1.82) is 0 Å².